The predicted molar refractivity (Wildman–Crippen MR) is 116 cm³/mol. The first-order valence-corrected chi connectivity index (χ1v) is 9.67. The molecule has 31 heavy (non-hydrogen) atoms. The van der Waals surface area contributed by atoms with E-state index in [4.69, 9.17) is 9.47 Å². The van der Waals surface area contributed by atoms with Crippen molar-refractivity contribution in [2.75, 3.05) is 19.0 Å². The van der Waals surface area contributed by atoms with Crippen LogP contribution in [-0.4, -0.2) is 25.8 Å². The number of ether oxygens (including phenoxy) is 2. The van der Waals surface area contributed by atoms with E-state index in [1.54, 1.807) is 25.1 Å². The zero-order valence-electron chi connectivity index (χ0n) is 17.3. The molecule has 1 aliphatic heterocycles. The van der Waals surface area contributed by atoms with Crippen molar-refractivity contribution in [3.8, 4) is 11.5 Å². The molecule has 0 fully saturated rings. The van der Waals surface area contributed by atoms with Crippen LogP contribution in [0.2, 0.25) is 0 Å². The van der Waals surface area contributed by atoms with E-state index in [0.717, 1.165) is 11.3 Å². The molecule has 156 valence electrons. The van der Waals surface area contributed by atoms with Crippen LogP contribution in [0.1, 0.15) is 31.8 Å². The van der Waals surface area contributed by atoms with Crippen molar-refractivity contribution in [2.45, 2.75) is 6.92 Å². The number of hydrogen-bond acceptors (Lipinski definition) is 5. The fourth-order valence-electron chi connectivity index (χ4n) is 3.28. The lowest BCUT2D eigenvalue weighted by Gasteiger charge is -2.12. The lowest BCUT2D eigenvalue weighted by Crippen LogP contribution is -2.11. The van der Waals surface area contributed by atoms with Crippen LogP contribution in [0.3, 0.4) is 0 Å². The molecule has 1 heterocycles. The summed E-state index contributed by atoms with van der Waals surface area (Å²) < 4.78 is 25.0. The van der Waals surface area contributed by atoms with Gasteiger partial charge in [-0.05, 0) is 55.0 Å². The summed E-state index contributed by atoms with van der Waals surface area (Å²) in [6.07, 6.45) is 1.67. The largest absolute Gasteiger partial charge is 0.452 e. The quantitative estimate of drug-likeness (QED) is 0.338. The molecule has 6 heteroatoms. The minimum Gasteiger partial charge on any atom is -0.452 e. The molecule has 0 N–H and O–H groups in total. The molecule has 0 amide bonds. The molecule has 5 nitrogen and oxygen atoms in total. The van der Waals surface area contributed by atoms with E-state index in [0.29, 0.717) is 16.9 Å². The van der Waals surface area contributed by atoms with Gasteiger partial charge in [0, 0.05) is 25.3 Å². The predicted octanol–water partition coefficient (Wildman–Crippen LogP) is 5.04. The number of Topliss-reactive ketones (excluding diaryl/α,β-unsaturated/α-hetero) is 1. The monoisotopic (exact) mass is 417 g/mol. The third-order valence-corrected chi connectivity index (χ3v) is 5.04. The van der Waals surface area contributed by atoms with Gasteiger partial charge in [0.15, 0.2) is 5.76 Å². The van der Waals surface area contributed by atoms with Crippen LogP contribution in [0.4, 0.5) is 10.1 Å². The van der Waals surface area contributed by atoms with Gasteiger partial charge < -0.3 is 14.4 Å². The molecule has 1 aliphatic rings. The average Bonchev–Trinajstić information content (AvgIpc) is 3.07. The normalized spacial score (nSPS) is 13.7. The molecular weight excluding hydrogens is 397 g/mol. The van der Waals surface area contributed by atoms with Crippen molar-refractivity contribution in [3.05, 3.63) is 94.5 Å². The Morgan fingerprint density at radius 2 is 1.74 bits per heavy atom. The van der Waals surface area contributed by atoms with E-state index >= 15 is 0 Å². The van der Waals surface area contributed by atoms with Crippen molar-refractivity contribution < 1.29 is 23.5 Å². The number of allylic oxidation sites excluding steroid dienone is 1. The number of esters is 1. The van der Waals surface area contributed by atoms with Gasteiger partial charge in [0.1, 0.15) is 17.3 Å². The Balaban J connectivity index is 1.59. The number of carbonyl (C=O) groups excluding carboxylic acids is 2. The molecule has 4 rings (SSSR count). The Morgan fingerprint density at radius 3 is 2.42 bits per heavy atom. The van der Waals surface area contributed by atoms with Crippen LogP contribution in [0.15, 0.2) is 66.4 Å². The summed E-state index contributed by atoms with van der Waals surface area (Å²) in [6.45, 7) is 1.69. The zero-order valence-corrected chi connectivity index (χ0v) is 17.3. The second kappa shape index (κ2) is 8.07. The summed E-state index contributed by atoms with van der Waals surface area (Å²) >= 11 is 0. The minimum atomic E-state index is -0.817. The maximum Gasteiger partial charge on any atom is 0.346 e. The summed E-state index contributed by atoms with van der Waals surface area (Å²) in [4.78, 5) is 27.1. The van der Waals surface area contributed by atoms with Gasteiger partial charge in [0.25, 0.3) is 0 Å². The SMILES string of the molecule is Cc1c(OC(=O)c2ccccc2F)ccc2c1O/C(=C\c1ccc(N(C)C)cc1)C2=O. The van der Waals surface area contributed by atoms with Gasteiger partial charge in [-0.3, -0.25) is 4.79 Å². The smallest absolute Gasteiger partial charge is 0.346 e. The van der Waals surface area contributed by atoms with E-state index < -0.39 is 11.8 Å². The Hall–Kier alpha value is -3.93. The number of fused-ring (bicyclic) bond motifs is 1. The van der Waals surface area contributed by atoms with Crippen molar-refractivity contribution >= 4 is 23.5 Å². The molecule has 0 atom stereocenters. The molecule has 0 aromatic heterocycles. The first-order chi connectivity index (χ1) is 14.8. The van der Waals surface area contributed by atoms with Crippen LogP contribution >= 0.6 is 0 Å². The minimum absolute atomic E-state index is 0.166. The number of benzene rings is 3. The topological polar surface area (TPSA) is 55.8 Å². The molecule has 0 bridgehead atoms. The van der Waals surface area contributed by atoms with Crippen LogP contribution in [0.5, 0.6) is 11.5 Å². The number of carbonyl (C=O) groups is 2. The molecule has 0 radical (unpaired) electrons. The molecule has 3 aromatic carbocycles. The van der Waals surface area contributed by atoms with Crippen molar-refractivity contribution in [3.63, 3.8) is 0 Å². The number of hydrogen-bond donors (Lipinski definition) is 0. The fourth-order valence-corrected chi connectivity index (χ4v) is 3.28. The average molecular weight is 417 g/mol. The molecule has 0 aliphatic carbocycles. The third kappa shape index (κ3) is 3.92. The van der Waals surface area contributed by atoms with Gasteiger partial charge in [0.2, 0.25) is 5.78 Å². The van der Waals surface area contributed by atoms with Gasteiger partial charge in [-0.2, -0.15) is 0 Å². The van der Waals surface area contributed by atoms with Gasteiger partial charge in [0.05, 0.1) is 11.1 Å². The fraction of sp³-hybridized carbons (Fsp3) is 0.120. The van der Waals surface area contributed by atoms with Crippen molar-refractivity contribution in [1.82, 2.24) is 0 Å². The van der Waals surface area contributed by atoms with Crippen LogP contribution in [0.25, 0.3) is 6.08 Å². The summed E-state index contributed by atoms with van der Waals surface area (Å²) in [5, 5.41) is 0. The standard InChI is InChI=1S/C25H20FNO4/c1-15-21(31-25(29)18-6-4-5-7-20(18)26)13-12-19-23(28)22(30-24(15)19)14-16-8-10-17(11-9-16)27(2)3/h4-14H,1-3H3/b22-14-. The van der Waals surface area contributed by atoms with Crippen molar-refractivity contribution in [2.24, 2.45) is 0 Å². The first-order valence-electron chi connectivity index (χ1n) is 9.67. The molecule has 0 spiro atoms. The Labute approximate surface area is 179 Å². The molecule has 0 saturated carbocycles. The molecular formula is C25H20FNO4. The van der Waals surface area contributed by atoms with Gasteiger partial charge in [-0.1, -0.05) is 24.3 Å². The second-order valence-corrected chi connectivity index (χ2v) is 7.36. The van der Waals surface area contributed by atoms with Crippen LogP contribution in [0, 0.1) is 12.7 Å². The Bertz CT molecular complexity index is 1210. The highest BCUT2D eigenvalue weighted by atomic mass is 19.1. The highest BCUT2D eigenvalue weighted by molar-refractivity contribution is 6.15. The van der Waals surface area contributed by atoms with E-state index in [9.17, 15) is 14.0 Å². The van der Waals surface area contributed by atoms with E-state index in [-0.39, 0.29) is 22.9 Å². The summed E-state index contributed by atoms with van der Waals surface area (Å²) in [7, 11) is 3.90. The molecule has 0 unspecified atom stereocenters. The van der Waals surface area contributed by atoms with Gasteiger partial charge in [-0.25, -0.2) is 9.18 Å². The molecule has 3 aromatic rings. The van der Waals surface area contributed by atoms with Crippen molar-refractivity contribution in [1.29, 1.82) is 0 Å². The van der Waals surface area contributed by atoms with Gasteiger partial charge in [-0.15, -0.1) is 0 Å². The number of rotatable bonds is 4. The van der Waals surface area contributed by atoms with E-state index in [1.165, 1.54) is 24.3 Å². The Morgan fingerprint density at radius 1 is 1.03 bits per heavy atom. The highest BCUT2D eigenvalue weighted by Gasteiger charge is 2.30. The number of nitrogens with zero attached hydrogens (tertiary/aromatic N) is 1. The maximum absolute atomic E-state index is 13.9. The highest BCUT2D eigenvalue weighted by Crippen LogP contribution is 2.39. The second-order valence-electron chi connectivity index (χ2n) is 7.36. The Kier molecular flexibility index (Phi) is 5.29. The maximum atomic E-state index is 13.9. The first kappa shape index (κ1) is 20.3. The zero-order chi connectivity index (χ0) is 22.1. The summed E-state index contributed by atoms with van der Waals surface area (Å²) in [5.74, 6) is -1.00. The summed E-state index contributed by atoms with van der Waals surface area (Å²) in [5.41, 5.74) is 2.58. The molecule has 0 saturated heterocycles. The van der Waals surface area contributed by atoms with Gasteiger partial charge >= 0.3 is 5.97 Å². The third-order valence-electron chi connectivity index (χ3n) is 5.04. The lowest BCUT2D eigenvalue weighted by atomic mass is 10.1. The van der Waals surface area contributed by atoms with E-state index in [2.05, 4.69) is 0 Å². The van der Waals surface area contributed by atoms with Crippen LogP contribution < -0.4 is 14.4 Å². The number of ketones is 1. The van der Waals surface area contributed by atoms with E-state index in [1.807, 2.05) is 43.3 Å². The summed E-state index contributed by atoms with van der Waals surface area (Å²) in [6, 6.07) is 16.3. The number of halogens is 1. The number of anilines is 1. The lowest BCUT2D eigenvalue weighted by molar-refractivity contribution is 0.0728. The van der Waals surface area contributed by atoms with Crippen LogP contribution in [-0.2, 0) is 0 Å².